The molecule has 1 aromatic heterocycles. The van der Waals surface area contributed by atoms with E-state index in [0.717, 1.165) is 23.3 Å². The number of anilines is 1. The predicted octanol–water partition coefficient (Wildman–Crippen LogP) is 6.78. The number of rotatable bonds is 11. The second-order valence-corrected chi connectivity index (χ2v) is 11.5. The number of carbonyl (C=O) groups excluding carboxylic acids is 2. The molecule has 8 nitrogen and oxygen atoms in total. The number of thioether (sulfide) groups is 1. The summed E-state index contributed by atoms with van der Waals surface area (Å²) in [5, 5.41) is 20.0. The largest absolute Gasteiger partial charge is 0.507 e. The van der Waals surface area contributed by atoms with E-state index in [1.807, 2.05) is 13.8 Å². The van der Waals surface area contributed by atoms with Crippen LogP contribution in [0.25, 0.3) is 5.76 Å². The first-order chi connectivity index (χ1) is 20.4. The molecule has 1 saturated heterocycles. The van der Waals surface area contributed by atoms with Gasteiger partial charge in [0.25, 0.3) is 5.78 Å². The molecule has 11 heteroatoms. The van der Waals surface area contributed by atoms with Crippen molar-refractivity contribution in [3.63, 3.8) is 0 Å². The zero-order chi connectivity index (χ0) is 29.6. The molecule has 0 aliphatic carbocycles. The summed E-state index contributed by atoms with van der Waals surface area (Å²) in [6.07, 6.45) is 0.809. The summed E-state index contributed by atoms with van der Waals surface area (Å²) in [5.41, 5.74) is 1.78. The SMILES string of the molecule is CCCOc1ccc(C2/C(=C(\O)c3ccccc3)C(=O)C(=O)N2c2nnc(SCc3ccc(F)cc3)s2)cc1OCC. The number of Topliss-reactive ketones (excluding diaryl/α,β-unsaturated/α-hetero) is 1. The first kappa shape index (κ1) is 29.3. The Balaban J connectivity index is 1.56. The maximum Gasteiger partial charge on any atom is 0.301 e. The normalized spacial score (nSPS) is 16.2. The fourth-order valence-corrected chi connectivity index (χ4v) is 6.30. The monoisotopic (exact) mass is 605 g/mol. The Hall–Kier alpha value is -4.22. The number of aromatic nitrogens is 2. The highest BCUT2D eigenvalue weighted by Crippen LogP contribution is 2.45. The minimum Gasteiger partial charge on any atom is -0.507 e. The summed E-state index contributed by atoms with van der Waals surface area (Å²) in [6, 6.07) is 19.0. The van der Waals surface area contributed by atoms with Gasteiger partial charge < -0.3 is 14.6 Å². The van der Waals surface area contributed by atoms with Crippen LogP contribution in [0.15, 0.2) is 82.7 Å². The molecule has 0 radical (unpaired) electrons. The lowest BCUT2D eigenvalue weighted by Gasteiger charge is -2.23. The second kappa shape index (κ2) is 13.2. The summed E-state index contributed by atoms with van der Waals surface area (Å²) in [6.45, 7) is 4.72. The number of hydrogen-bond donors (Lipinski definition) is 1. The maximum atomic E-state index is 13.5. The second-order valence-electron chi connectivity index (χ2n) is 9.29. The maximum absolute atomic E-state index is 13.5. The standard InChI is InChI=1S/C31H28FN3O5S2/c1-3-16-40-23-15-12-21(17-24(23)39-4-2)26-25(27(36)20-8-6-5-7-9-20)28(37)29(38)35(26)30-33-34-31(42-30)41-18-19-10-13-22(32)14-11-19/h5-15,17,26,36H,3-4,16,18H2,1-2H3/b27-25+. The molecule has 42 heavy (non-hydrogen) atoms. The topological polar surface area (TPSA) is 102 Å². The molecule has 4 aromatic rings. The van der Waals surface area contributed by atoms with Gasteiger partial charge in [-0.3, -0.25) is 14.5 Å². The first-order valence-corrected chi connectivity index (χ1v) is 15.2. The van der Waals surface area contributed by atoms with Gasteiger partial charge >= 0.3 is 5.91 Å². The van der Waals surface area contributed by atoms with Crippen LogP contribution < -0.4 is 14.4 Å². The van der Waals surface area contributed by atoms with Crippen LogP contribution in [0.5, 0.6) is 11.5 Å². The van der Waals surface area contributed by atoms with Crippen molar-refractivity contribution < 1.29 is 28.6 Å². The van der Waals surface area contributed by atoms with E-state index < -0.39 is 17.7 Å². The third kappa shape index (κ3) is 6.17. The Morgan fingerprint density at radius 3 is 2.48 bits per heavy atom. The van der Waals surface area contributed by atoms with E-state index in [4.69, 9.17) is 9.47 Å². The molecule has 1 atom stereocenters. The highest BCUT2D eigenvalue weighted by atomic mass is 32.2. The molecule has 1 unspecified atom stereocenters. The molecule has 0 spiro atoms. The summed E-state index contributed by atoms with van der Waals surface area (Å²) in [5.74, 6) is -0.748. The van der Waals surface area contributed by atoms with Crippen molar-refractivity contribution in [1.82, 2.24) is 10.2 Å². The van der Waals surface area contributed by atoms with Crippen LogP contribution in [-0.4, -0.2) is 40.2 Å². The summed E-state index contributed by atoms with van der Waals surface area (Å²) in [7, 11) is 0. The van der Waals surface area contributed by atoms with Gasteiger partial charge in [-0.15, -0.1) is 10.2 Å². The first-order valence-electron chi connectivity index (χ1n) is 13.4. The average molecular weight is 606 g/mol. The smallest absolute Gasteiger partial charge is 0.301 e. The van der Waals surface area contributed by atoms with Gasteiger partial charge in [-0.2, -0.15) is 0 Å². The molecule has 1 amide bonds. The molecular weight excluding hydrogens is 577 g/mol. The van der Waals surface area contributed by atoms with Gasteiger partial charge in [0.1, 0.15) is 11.6 Å². The Morgan fingerprint density at radius 1 is 1.00 bits per heavy atom. The van der Waals surface area contributed by atoms with Crippen LogP contribution >= 0.6 is 23.1 Å². The molecule has 1 aliphatic rings. The number of aliphatic hydroxyl groups is 1. The quantitative estimate of drug-likeness (QED) is 0.0656. The number of hydrogen-bond acceptors (Lipinski definition) is 9. The summed E-state index contributed by atoms with van der Waals surface area (Å²) in [4.78, 5) is 28.3. The van der Waals surface area contributed by atoms with Crippen molar-refractivity contribution in [2.45, 2.75) is 36.4 Å². The minimum atomic E-state index is -0.993. The zero-order valence-corrected chi connectivity index (χ0v) is 24.6. The van der Waals surface area contributed by atoms with E-state index in [2.05, 4.69) is 10.2 Å². The van der Waals surface area contributed by atoms with E-state index in [0.29, 0.717) is 45.9 Å². The molecule has 0 bridgehead atoms. The number of amides is 1. The number of aliphatic hydroxyl groups excluding tert-OH is 1. The van der Waals surface area contributed by atoms with Crippen LogP contribution in [0.1, 0.15) is 43.0 Å². The van der Waals surface area contributed by atoms with Gasteiger partial charge in [0, 0.05) is 11.3 Å². The summed E-state index contributed by atoms with van der Waals surface area (Å²) < 4.78 is 25.6. The highest BCUT2D eigenvalue weighted by Gasteiger charge is 2.48. The van der Waals surface area contributed by atoms with E-state index in [1.54, 1.807) is 60.7 Å². The van der Waals surface area contributed by atoms with Crippen molar-refractivity contribution >= 4 is 45.7 Å². The van der Waals surface area contributed by atoms with Crippen LogP contribution in [-0.2, 0) is 15.3 Å². The van der Waals surface area contributed by atoms with E-state index in [-0.39, 0.29) is 22.3 Å². The molecule has 1 N–H and O–H groups in total. The molecule has 0 saturated carbocycles. The molecule has 1 fully saturated rings. The zero-order valence-electron chi connectivity index (χ0n) is 23.0. The number of ketones is 1. The van der Waals surface area contributed by atoms with Gasteiger partial charge in [-0.25, -0.2) is 4.39 Å². The average Bonchev–Trinajstić information content (AvgIpc) is 3.58. The molecule has 1 aliphatic heterocycles. The van der Waals surface area contributed by atoms with Crippen LogP contribution in [0.4, 0.5) is 9.52 Å². The van der Waals surface area contributed by atoms with Gasteiger partial charge in [-0.1, -0.05) is 78.6 Å². The minimum absolute atomic E-state index is 0.0633. The lowest BCUT2D eigenvalue weighted by atomic mass is 9.95. The van der Waals surface area contributed by atoms with Crippen LogP contribution in [0.3, 0.4) is 0 Å². The Morgan fingerprint density at radius 2 is 1.76 bits per heavy atom. The molecule has 216 valence electrons. The summed E-state index contributed by atoms with van der Waals surface area (Å²) >= 11 is 2.54. The lowest BCUT2D eigenvalue weighted by molar-refractivity contribution is -0.132. The van der Waals surface area contributed by atoms with Gasteiger partial charge in [-0.05, 0) is 48.7 Å². The number of nitrogens with zero attached hydrogens (tertiary/aromatic N) is 3. The van der Waals surface area contributed by atoms with E-state index in [9.17, 15) is 19.1 Å². The third-order valence-electron chi connectivity index (χ3n) is 6.41. The van der Waals surface area contributed by atoms with Crippen molar-refractivity contribution in [2.24, 2.45) is 0 Å². The van der Waals surface area contributed by atoms with Crippen molar-refractivity contribution in [3.8, 4) is 11.5 Å². The van der Waals surface area contributed by atoms with Crippen molar-refractivity contribution in [1.29, 1.82) is 0 Å². The molecule has 2 heterocycles. The van der Waals surface area contributed by atoms with Crippen LogP contribution in [0.2, 0.25) is 0 Å². The lowest BCUT2D eigenvalue weighted by Crippen LogP contribution is -2.29. The number of carbonyl (C=O) groups is 2. The fraction of sp³-hybridized carbons (Fsp3) is 0.226. The van der Waals surface area contributed by atoms with Crippen LogP contribution in [0, 0.1) is 5.82 Å². The molecule has 5 rings (SSSR count). The number of halogens is 1. The number of ether oxygens (including phenoxy) is 2. The van der Waals surface area contributed by atoms with E-state index in [1.165, 1.54) is 28.8 Å². The fourth-order valence-electron chi connectivity index (χ4n) is 4.47. The molecular formula is C31H28FN3O5S2. The van der Waals surface area contributed by atoms with E-state index >= 15 is 0 Å². The predicted molar refractivity (Wildman–Crippen MR) is 160 cm³/mol. The van der Waals surface area contributed by atoms with Gasteiger partial charge in [0.2, 0.25) is 5.13 Å². The molecule has 3 aromatic carbocycles. The highest BCUT2D eigenvalue weighted by molar-refractivity contribution is 8.00. The Kier molecular flexibility index (Phi) is 9.19. The third-order valence-corrected chi connectivity index (χ3v) is 8.54. The number of benzene rings is 3. The van der Waals surface area contributed by atoms with Crippen molar-refractivity contribution in [2.75, 3.05) is 18.1 Å². The van der Waals surface area contributed by atoms with Gasteiger partial charge in [0.05, 0.1) is 24.8 Å². The Labute approximate surface area is 250 Å². The van der Waals surface area contributed by atoms with Gasteiger partial charge in [0.15, 0.2) is 15.8 Å². The van der Waals surface area contributed by atoms with Crippen molar-refractivity contribution in [3.05, 3.63) is 101 Å². The Bertz CT molecular complexity index is 1610.